The lowest BCUT2D eigenvalue weighted by atomic mass is 10.3. The van der Waals surface area contributed by atoms with E-state index in [4.69, 9.17) is 11.8 Å². The van der Waals surface area contributed by atoms with Gasteiger partial charge in [-0.15, -0.1) is 0 Å². The van der Waals surface area contributed by atoms with Crippen molar-refractivity contribution in [2.24, 2.45) is 5.73 Å². The molecule has 0 aliphatic rings. The Balaban J connectivity index is 2.22. The summed E-state index contributed by atoms with van der Waals surface area (Å²) in [4.78, 5) is 10.4. The standard InChI is InChI=1S/C10H14N2O2/c11-10(13)8-12-6-7-14-9-4-2-1-3-5-9/h1-5,12H,6-8H2,(H2,11,13)/i6D/t6-/m0/s1. The Morgan fingerprint density at radius 2 is 2.21 bits per heavy atom. The summed E-state index contributed by atoms with van der Waals surface area (Å²) < 4.78 is 12.8. The zero-order chi connectivity index (χ0) is 11.1. The van der Waals surface area contributed by atoms with Gasteiger partial charge in [-0.1, -0.05) is 18.2 Å². The van der Waals surface area contributed by atoms with Gasteiger partial charge in [0.2, 0.25) is 5.91 Å². The highest BCUT2D eigenvalue weighted by molar-refractivity contribution is 5.75. The number of para-hydroxylation sites is 1. The van der Waals surface area contributed by atoms with Crippen LogP contribution >= 0.6 is 0 Å². The van der Waals surface area contributed by atoms with Crippen LogP contribution in [0.5, 0.6) is 5.75 Å². The van der Waals surface area contributed by atoms with Crippen LogP contribution in [0.3, 0.4) is 0 Å². The van der Waals surface area contributed by atoms with Gasteiger partial charge in [0.1, 0.15) is 12.4 Å². The predicted molar refractivity (Wildman–Crippen MR) is 54.0 cm³/mol. The average molecular weight is 195 g/mol. The van der Waals surface area contributed by atoms with Crippen molar-refractivity contribution in [2.45, 2.75) is 0 Å². The largest absolute Gasteiger partial charge is 0.492 e. The van der Waals surface area contributed by atoms with Crippen molar-refractivity contribution in [1.82, 2.24) is 5.32 Å². The number of amides is 1. The van der Waals surface area contributed by atoms with Crippen LogP contribution in [0.2, 0.25) is 0 Å². The lowest BCUT2D eigenvalue weighted by molar-refractivity contribution is -0.117. The molecule has 0 saturated heterocycles. The molecular weight excluding hydrogens is 180 g/mol. The second-order valence-corrected chi connectivity index (χ2v) is 2.68. The summed E-state index contributed by atoms with van der Waals surface area (Å²) in [5, 5.41) is 2.62. The van der Waals surface area contributed by atoms with Gasteiger partial charge in [-0.25, -0.2) is 0 Å². The molecule has 4 nitrogen and oxygen atoms in total. The number of ether oxygens (including phenoxy) is 1. The Hall–Kier alpha value is -1.55. The summed E-state index contributed by atoms with van der Waals surface area (Å²) in [5.41, 5.74) is 4.92. The van der Waals surface area contributed by atoms with E-state index in [0.717, 1.165) is 0 Å². The Labute approximate surface area is 84.5 Å². The summed E-state index contributed by atoms with van der Waals surface area (Å²) in [6.07, 6.45) is 0. The zero-order valence-electron chi connectivity index (χ0n) is 8.77. The van der Waals surface area contributed by atoms with Crippen molar-refractivity contribution in [3.63, 3.8) is 0 Å². The van der Waals surface area contributed by atoms with E-state index in [1.54, 1.807) is 12.1 Å². The van der Waals surface area contributed by atoms with Gasteiger partial charge < -0.3 is 15.8 Å². The molecule has 1 aromatic rings. The van der Waals surface area contributed by atoms with Crippen LogP contribution in [0.15, 0.2) is 30.3 Å². The van der Waals surface area contributed by atoms with Crippen LogP contribution in [0.1, 0.15) is 1.37 Å². The number of carbonyl (C=O) groups is 1. The zero-order valence-corrected chi connectivity index (χ0v) is 7.77. The van der Waals surface area contributed by atoms with E-state index in [2.05, 4.69) is 5.32 Å². The Bertz CT molecular complexity index is 306. The number of nitrogens with two attached hydrogens (primary N) is 1. The third-order valence-electron chi connectivity index (χ3n) is 1.50. The number of hydrogen-bond acceptors (Lipinski definition) is 3. The first-order valence-corrected chi connectivity index (χ1v) is 4.30. The van der Waals surface area contributed by atoms with Gasteiger partial charge in [0.05, 0.1) is 6.54 Å². The van der Waals surface area contributed by atoms with Gasteiger partial charge in [0.15, 0.2) is 0 Å². The number of rotatable bonds is 6. The van der Waals surface area contributed by atoms with Gasteiger partial charge in [-0.3, -0.25) is 4.79 Å². The van der Waals surface area contributed by atoms with Gasteiger partial charge >= 0.3 is 0 Å². The first-order valence-electron chi connectivity index (χ1n) is 4.88. The molecule has 0 aromatic heterocycles. The van der Waals surface area contributed by atoms with E-state index in [1.165, 1.54) is 0 Å². The van der Waals surface area contributed by atoms with Gasteiger partial charge in [-0.2, -0.15) is 0 Å². The molecule has 0 heterocycles. The van der Waals surface area contributed by atoms with Crippen LogP contribution in [-0.4, -0.2) is 25.6 Å². The number of hydrogen-bond donors (Lipinski definition) is 2. The fraction of sp³-hybridized carbons (Fsp3) is 0.300. The lowest BCUT2D eigenvalue weighted by Gasteiger charge is -2.05. The highest BCUT2D eigenvalue weighted by atomic mass is 16.5. The maximum atomic E-state index is 10.4. The third kappa shape index (κ3) is 4.47. The Morgan fingerprint density at radius 1 is 1.50 bits per heavy atom. The molecule has 4 heteroatoms. The Morgan fingerprint density at radius 3 is 2.86 bits per heavy atom. The van der Waals surface area contributed by atoms with E-state index >= 15 is 0 Å². The molecule has 1 amide bonds. The van der Waals surface area contributed by atoms with Crippen molar-refractivity contribution in [3.8, 4) is 5.75 Å². The monoisotopic (exact) mass is 195 g/mol. The highest BCUT2D eigenvalue weighted by Gasteiger charge is 1.93. The molecule has 0 radical (unpaired) electrons. The maximum absolute atomic E-state index is 10.4. The van der Waals surface area contributed by atoms with E-state index < -0.39 is 12.4 Å². The van der Waals surface area contributed by atoms with Crippen molar-refractivity contribution < 1.29 is 10.9 Å². The molecule has 1 atom stereocenters. The Kier molecular flexibility index (Phi) is 3.86. The second-order valence-electron chi connectivity index (χ2n) is 2.68. The van der Waals surface area contributed by atoms with Crippen molar-refractivity contribution >= 4 is 5.91 Å². The van der Waals surface area contributed by atoms with E-state index in [1.807, 2.05) is 18.2 Å². The minimum atomic E-state index is -0.655. The quantitative estimate of drug-likeness (QED) is 0.678. The molecule has 3 N–H and O–H groups in total. The van der Waals surface area contributed by atoms with Crippen LogP contribution in [0.25, 0.3) is 0 Å². The van der Waals surface area contributed by atoms with Gasteiger partial charge in [0.25, 0.3) is 0 Å². The second kappa shape index (κ2) is 5.99. The number of primary amides is 1. The first-order chi connectivity index (χ1) is 7.18. The van der Waals surface area contributed by atoms with Gasteiger partial charge in [-0.05, 0) is 12.1 Å². The molecule has 0 aliphatic heterocycles. The fourth-order valence-electron chi connectivity index (χ4n) is 0.886. The van der Waals surface area contributed by atoms with Crippen LogP contribution < -0.4 is 15.8 Å². The van der Waals surface area contributed by atoms with Crippen molar-refractivity contribution in [2.75, 3.05) is 19.7 Å². The SMILES string of the molecule is [2H][C@@H](COc1ccccc1)NCC(N)=O. The summed E-state index contributed by atoms with van der Waals surface area (Å²) in [6, 6.07) is 9.20. The molecule has 1 rings (SSSR count). The smallest absolute Gasteiger partial charge is 0.231 e. The number of carbonyl (C=O) groups excluding carboxylic acids is 1. The van der Waals surface area contributed by atoms with Crippen molar-refractivity contribution in [1.29, 1.82) is 0 Å². The topological polar surface area (TPSA) is 64.3 Å². The predicted octanol–water partition coefficient (Wildman–Crippen LogP) is 0.140. The molecule has 0 fully saturated rings. The lowest BCUT2D eigenvalue weighted by Crippen LogP contribution is -2.31. The fourth-order valence-corrected chi connectivity index (χ4v) is 0.886. The molecule has 1 aromatic carbocycles. The molecule has 0 saturated carbocycles. The minimum Gasteiger partial charge on any atom is -0.492 e. The summed E-state index contributed by atoms with van der Waals surface area (Å²) in [6.45, 7) is -0.485. The van der Waals surface area contributed by atoms with Crippen LogP contribution in [-0.2, 0) is 4.79 Å². The first kappa shape index (κ1) is 9.02. The number of nitrogens with one attached hydrogen (secondary N) is 1. The van der Waals surface area contributed by atoms with Gasteiger partial charge in [0, 0.05) is 7.89 Å². The minimum absolute atomic E-state index is 0.00762. The van der Waals surface area contributed by atoms with E-state index in [0.29, 0.717) is 5.75 Å². The average Bonchev–Trinajstić information content (AvgIpc) is 2.25. The molecule has 0 unspecified atom stereocenters. The molecule has 76 valence electrons. The summed E-state index contributed by atoms with van der Waals surface area (Å²) in [5.74, 6) is 0.225. The summed E-state index contributed by atoms with van der Waals surface area (Å²) >= 11 is 0. The number of benzene rings is 1. The van der Waals surface area contributed by atoms with Crippen LogP contribution in [0, 0.1) is 0 Å². The third-order valence-corrected chi connectivity index (χ3v) is 1.50. The molecule has 14 heavy (non-hydrogen) atoms. The maximum Gasteiger partial charge on any atom is 0.231 e. The normalized spacial score (nSPS) is 13.0. The highest BCUT2D eigenvalue weighted by Crippen LogP contribution is 2.07. The molecular formula is C10H14N2O2. The van der Waals surface area contributed by atoms with Crippen molar-refractivity contribution in [3.05, 3.63) is 30.3 Å². The van der Waals surface area contributed by atoms with E-state index in [-0.39, 0.29) is 13.2 Å². The van der Waals surface area contributed by atoms with Crippen LogP contribution in [0.4, 0.5) is 0 Å². The van der Waals surface area contributed by atoms with E-state index in [9.17, 15) is 4.79 Å². The molecule has 0 bridgehead atoms. The molecule has 0 spiro atoms. The molecule has 0 aliphatic carbocycles. The summed E-state index contributed by atoms with van der Waals surface area (Å²) in [7, 11) is 0.